The van der Waals surface area contributed by atoms with Gasteiger partial charge < -0.3 is 10.1 Å². The van der Waals surface area contributed by atoms with Crippen LogP contribution in [0.1, 0.15) is 4.88 Å². The molecule has 2 aromatic heterocycles. The second-order valence-electron chi connectivity index (χ2n) is 4.48. The molecule has 2 nitrogen and oxygen atoms in total. The first-order chi connectivity index (χ1) is 10.3. The topological polar surface area (TPSA) is 21.3 Å². The Morgan fingerprint density at radius 3 is 2.81 bits per heavy atom. The van der Waals surface area contributed by atoms with E-state index in [9.17, 15) is 0 Å². The Bertz CT molecular complexity index is 722. The number of thiophene rings is 2. The van der Waals surface area contributed by atoms with Crippen LogP contribution in [0.5, 0.6) is 5.75 Å². The van der Waals surface area contributed by atoms with Crippen molar-refractivity contribution in [2.75, 3.05) is 12.4 Å². The minimum Gasteiger partial charge on any atom is -0.495 e. The maximum absolute atomic E-state index is 6.12. The van der Waals surface area contributed by atoms with Crippen molar-refractivity contribution < 1.29 is 4.74 Å². The Morgan fingerprint density at radius 2 is 2.10 bits per heavy atom. The van der Waals surface area contributed by atoms with Crippen molar-refractivity contribution in [3.05, 3.63) is 57.1 Å². The van der Waals surface area contributed by atoms with Crippen LogP contribution >= 0.6 is 34.3 Å². The molecule has 1 N–H and O–H groups in total. The molecule has 5 heteroatoms. The van der Waals surface area contributed by atoms with E-state index < -0.39 is 0 Å². The summed E-state index contributed by atoms with van der Waals surface area (Å²) in [6.07, 6.45) is 0. The first-order valence-corrected chi connectivity index (χ1v) is 8.58. The third-order valence-corrected chi connectivity index (χ3v) is 5.23. The van der Waals surface area contributed by atoms with E-state index in [1.54, 1.807) is 29.8 Å². The smallest absolute Gasteiger partial charge is 0.137 e. The SMILES string of the molecule is COc1ccc(NCc2cc(-c3cccs3)cs2)cc1Cl. The number of benzene rings is 1. The Kier molecular flexibility index (Phi) is 4.48. The highest BCUT2D eigenvalue weighted by atomic mass is 35.5. The molecule has 0 aliphatic carbocycles. The van der Waals surface area contributed by atoms with Crippen molar-refractivity contribution in [1.82, 2.24) is 0 Å². The molecule has 3 aromatic rings. The second kappa shape index (κ2) is 6.52. The zero-order valence-electron chi connectivity index (χ0n) is 11.4. The number of methoxy groups -OCH3 is 1. The zero-order chi connectivity index (χ0) is 14.7. The average Bonchev–Trinajstić information content (AvgIpc) is 3.16. The summed E-state index contributed by atoms with van der Waals surface area (Å²) >= 11 is 9.65. The van der Waals surface area contributed by atoms with Gasteiger partial charge in [-0.15, -0.1) is 22.7 Å². The Morgan fingerprint density at radius 1 is 1.19 bits per heavy atom. The van der Waals surface area contributed by atoms with Crippen LogP contribution in [-0.4, -0.2) is 7.11 Å². The van der Waals surface area contributed by atoms with E-state index in [0.717, 1.165) is 12.2 Å². The maximum Gasteiger partial charge on any atom is 0.137 e. The van der Waals surface area contributed by atoms with Crippen LogP contribution in [0, 0.1) is 0 Å². The third kappa shape index (κ3) is 3.40. The van der Waals surface area contributed by atoms with Gasteiger partial charge in [-0.2, -0.15) is 0 Å². The molecule has 0 spiro atoms. The lowest BCUT2D eigenvalue weighted by Gasteiger charge is -2.08. The number of ether oxygens (including phenoxy) is 1. The van der Waals surface area contributed by atoms with Crippen LogP contribution in [-0.2, 0) is 6.54 Å². The normalized spacial score (nSPS) is 10.6. The lowest BCUT2D eigenvalue weighted by molar-refractivity contribution is 0.415. The van der Waals surface area contributed by atoms with E-state index in [2.05, 4.69) is 34.3 Å². The summed E-state index contributed by atoms with van der Waals surface area (Å²) in [6.45, 7) is 0.790. The third-order valence-electron chi connectivity index (χ3n) is 3.08. The van der Waals surface area contributed by atoms with Crippen molar-refractivity contribution in [2.24, 2.45) is 0 Å². The molecule has 0 fully saturated rings. The van der Waals surface area contributed by atoms with Gasteiger partial charge in [-0.05, 0) is 41.1 Å². The fourth-order valence-electron chi connectivity index (χ4n) is 2.01. The van der Waals surface area contributed by atoms with Gasteiger partial charge in [0, 0.05) is 27.5 Å². The van der Waals surface area contributed by atoms with Gasteiger partial charge in [0.05, 0.1) is 12.1 Å². The highest BCUT2D eigenvalue weighted by Crippen LogP contribution is 2.30. The summed E-state index contributed by atoms with van der Waals surface area (Å²) in [5.74, 6) is 0.693. The fraction of sp³-hybridized carbons (Fsp3) is 0.125. The largest absolute Gasteiger partial charge is 0.495 e. The average molecular weight is 336 g/mol. The van der Waals surface area contributed by atoms with Crippen LogP contribution in [0.3, 0.4) is 0 Å². The molecule has 0 amide bonds. The first kappa shape index (κ1) is 14.4. The van der Waals surface area contributed by atoms with Gasteiger partial charge in [0.2, 0.25) is 0 Å². The highest BCUT2D eigenvalue weighted by molar-refractivity contribution is 7.14. The second-order valence-corrected chi connectivity index (χ2v) is 6.83. The number of rotatable bonds is 5. The summed E-state index contributed by atoms with van der Waals surface area (Å²) in [5.41, 5.74) is 2.28. The molecule has 21 heavy (non-hydrogen) atoms. The molecule has 0 atom stereocenters. The van der Waals surface area contributed by atoms with E-state index in [1.165, 1.54) is 15.3 Å². The van der Waals surface area contributed by atoms with E-state index >= 15 is 0 Å². The maximum atomic E-state index is 6.12. The van der Waals surface area contributed by atoms with Crippen LogP contribution in [0.4, 0.5) is 5.69 Å². The van der Waals surface area contributed by atoms with Gasteiger partial charge in [0.15, 0.2) is 0 Å². The van der Waals surface area contributed by atoms with E-state index in [0.29, 0.717) is 10.8 Å². The molecule has 1 aromatic carbocycles. The van der Waals surface area contributed by atoms with Crippen LogP contribution in [0.15, 0.2) is 47.2 Å². The van der Waals surface area contributed by atoms with Gasteiger partial charge >= 0.3 is 0 Å². The first-order valence-electron chi connectivity index (χ1n) is 6.45. The lowest BCUT2D eigenvalue weighted by atomic mass is 10.2. The predicted molar refractivity (Wildman–Crippen MR) is 93.0 cm³/mol. The molecule has 2 heterocycles. The summed E-state index contributed by atoms with van der Waals surface area (Å²) in [6, 6.07) is 12.2. The molecule has 0 saturated heterocycles. The van der Waals surface area contributed by atoms with Crippen molar-refractivity contribution in [2.45, 2.75) is 6.54 Å². The number of halogens is 1. The van der Waals surface area contributed by atoms with Crippen LogP contribution in [0.25, 0.3) is 10.4 Å². The van der Waals surface area contributed by atoms with E-state index in [-0.39, 0.29) is 0 Å². The molecular formula is C16H14ClNOS2. The van der Waals surface area contributed by atoms with Crippen molar-refractivity contribution in [3.8, 4) is 16.2 Å². The van der Waals surface area contributed by atoms with Crippen molar-refractivity contribution >= 4 is 40.0 Å². The van der Waals surface area contributed by atoms with Gasteiger partial charge in [-0.25, -0.2) is 0 Å². The minimum atomic E-state index is 0.618. The Hall–Kier alpha value is -1.49. The van der Waals surface area contributed by atoms with Crippen molar-refractivity contribution in [3.63, 3.8) is 0 Å². The standard InChI is InChI=1S/C16H14ClNOS2/c1-19-15-5-4-12(8-14(15)17)18-9-13-7-11(10-21-13)16-3-2-6-20-16/h2-8,10,18H,9H2,1H3. The number of anilines is 1. The summed E-state index contributed by atoms with van der Waals surface area (Å²) in [4.78, 5) is 2.61. The van der Waals surface area contributed by atoms with Gasteiger partial charge in [0.25, 0.3) is 0 Å². The molecule has 0 radical (unpaired) electrons. The summed E-state index contributed by atoms with van der Waals surface area (Å²) in [7, 11) is 1.62. The molecule has 0 aliphatic rings. The van der Waals surface area contributed by atoms with Gasteiger partial charge in [-0.3, -0.25) is 0 Å². The zero-order valence-corrected chi connectivity index (χ0v) is 13.8. The van der Waals surface area contributed by atoms with Crippen LogP contribution < -0.4 is 10.1 Å². The lowest BCUT2D eigenvalue weighted by Crippen LogP contribution is -1.97. The molecule has 0 unspecified atom stereocenters. The molecule has 0 saturated carbocycles. The Balaban J connectivity index is 1.66. The molecule has 3 rings (SSSR count). The predicted octanol–water partition coefficient (Wildman–Crippen LogP) is 5.75. The fourth-order valence-corrected chi connectivity index (χ4v) is 3.88. The summed E-state index contributed by atoms with van der Waals surface area (Å²) < 4.78 is 5.15. The number of hydrogen-bond acceptors (Lipinski definition) is 4. The monoisotopic (exact) mass is 335 g/mol. The molecule has 108 valence electrons. The van der Waals surface area contributed by atoms with Gasteiger partial charge in [0.1, 0.15) is 5.75 Å². The number of nitrogens with one attached hydrogen (secondary N) is 1. The quantitative estimate of drug-likeness (QED) is 0.641. The molecule has 0 aliphatic heterocycles. The summed E-state index contributed by atoms with van der Waals surface area (Å²) in [5, 5.41) is 8.30. The van der Waals surface area contributed by atoms with Crippen LogP contribution in [0.2, 0.25) is 5.02 Å². The number of hydrogen-bond donors (Lipinski definition) is 1. The van der Waals surface area contributed by atoms with E-state index in [4.69, 9.17) is 16.3 Å². The van der Waals surface area contributed by atoms with Crippen molar-refractivity contribution in [1.29, 1.82) is 0 Å². The van der Waals surface area contributed by atoms with E-state index in [1.807, 2.05) is 18.2 Å². The molecular weight excluding hydrogens is 322 g/mol. The highest BCUT2D eigenvalue weighted by Gasteiger charge is 2.05. The minimum absolute atomic E-state index is 0.618. The van der Waals surface area contributed by atoms with Gasteiger partial charge in [-0.1, -0.05) is 17.7 Å². The molecule has 0 bridgehead atoms. The Labute approximate surface area is 137 Å².